The van der Waals surface area contributed by atoms with Gasteiger partial charge in [-0.05, 0) is 12.1 Å². The molecule has 0 spiro atoms. The fourth-order valence-corrected chi connectivity index (χ4v) is 2.29. The Labute approximate surface area is 132 Å². The minimum Gasteiger partial charge on any atom is -0.310 e. The van der Waals surface area contributed by atoms with Crippen molar-refractivity contribution in [3.8, 4) is 5.69 Å². The lowest BCUT2D eigenvalue weighted by atomic mass is 10.4. The Morgan fingerprint density at radius 1 is 1.50 bits per heavy atom. The smallest absolute Gasteiger partial charge is 0.248 e. The molecule has 1 aliphatic heterocycles. The van der Waals surface area contributed by atoms with E-state index in [9.17, 15) is 4.79 Å². The standard InChI is InChI=1S/C13H14ClN7O/c1-19(12(22)9-20-6-5-16-18-20)11-8-21(17-13(11)14)10-3-2-4-15-7-10/h2-4,7-8H,5-6,9H2,1H3. The summed E-state index contributed by atoms with van der Waals surface area (Å²) >= 11 is 6.15. The van der Waals surface area contributed by atoms with E-state index in [0.717, 1.165) is 5.69 Å². The highest BCUT2D eigenvalue weighted by molar-refractivity contribution is 6.32. The van der Waals surface area contributed by atoms with Gasteiger partial charge in [0, 0.05) is 13.2 Å². The van der Waals surface area contributed by atoms with Crippen LogP contribution in [-0.4, -0.2) is 52.4 Å². The van der Waals surface area contributed by atoms with Gasteiger partial charge in [-0.3, -0.25) is 14.8 Å². The molecule has 8 nitrogen and oxygen atoms in total. The van der Waals surface area contributed by atoms with E-state index in [1.807, 2.05) is 6.07 Å². The third-order valence-corrected chi connectivity index (χ3v) is 3.53. The summed E-state index contributed by atoms with van der Waals surface area (Å²) in [6.45, 7) is 1.44. The molecule has 9 heteroatoms. The molecule has 22 heavy (non-hydrogen) atoms. The first-order chi connectivity index (χ1) is 10.6. The van der Waals surface area contributed by atoms with Gasteiger partial charge >= 0.3 is 0 Å². The first kappa shape index (κ1) is 14.5. The molecule has 0 aromatic carbocycles. The summed E-state index contributed by atoms with van der Waals surface area (Å²) in [4.78, 5) is 17.8. The van der Waals surface area contributed by atoms with E-state index in [4.69, 9.17) is 11.6 Å². The molecule has 0 N–H and O–H groups in total. The lowest BCUT2D eigenvalue weighted by molar-refractivity contribution is -0.119. The maximum absolute atomic E-state index is 12.3. The molecule has 3 heterocycles. The second-order valence-electron chi connectivity index (χ2n) is 4.76. The molecule has 0 saturated carbocycles. The van der Waals surface area contributed by atoms with E-state index in [0.29, 0.717) is 18.8 Å². The molecule has 1 aliphatic rings. The number of anilines is 1. The molecule has 0 radical (unpaired) electrons. The van der Waals surface area contributed by atoms with Crippen molar-refractivity contribution in [1.29, 1.82) is 0 Å². The van der Waals surface area contributed by atoms with Gasteiger partial charge in [-0.15, -0.1) is 0 Å². The molecule has 3 rings (SSSR count). The second kappa shape index (κ2) is 6.10. The highest BCUT2D eigenvalue weighted by atomic mass is 35.5. The Hall–Kier alpha value is -2.48. The molecule has 0 atom stereocenters. The SMILES string of the molecule is CN(C(=O)CN1CCN=N1)c1cn(-c2cccnc2)nc1Cl. The van der Waals surface area contributed by atoms with Crippen molar-refractivity contribution in [2.24, 2.45) is 10.3 Å². The summed E-state index contributed by atoms with van der Waals surface area (Å²) in [6.07, 6.45) is 5.04. The summed E-state index contributed by atoms with van der Waals surface area (Å²) in [7, 11) is 1.66. The Kier molecular flexibility index (Phi) is 4.01. The van der Waals surface area contributed by atoms with Crippen LogP contribution in [0.1, 0.15) is 0 Å². The van der Waals surface area contributed by atoms with Crippen molar-refractivity contribution in [3.63, 3.8) is 0 Å². The molecular weight excluding hydrogens is 306 g/mol. The van der Waals surface area contributed by atoms with Gasteiger partial charge in [0.15, 0.2) is 5.15 Å². The summed E-state index contributed by atoms with van der Waals surface area (Å²) in [5, 5.41) is 13.8. The number of amides is 1. The Bertz CT molecular complexity index is 700. The van der Waals surface area contributed by atoms with Gasteiger partial charge in [0.05, 0.1) is 31.2 Å². The van der Waals surface area contributed by atoms with Crippen LogP contribution in [0.4, 0.5) is 5.69 Å². The first-order valence-corrected chi connectivity index (χ1v) is 7.07. The lowest BCUT2D eigenvalue weighted by Crippen LogP contribution is -2.35. The molecule has 2 aromatic rings. The monoisotopic (exact) mass is 319 g/mol. The molecule has 1 amide bonds. The van der Waals surface area contributed by atoms with Gasteiger partial charge in [0.25, 0.3) is 0 Å². The van der Waals surface area contributed by atoms with E-state index in [1.165, 1.54) is 4.90 Å². The number of hydrogen-bond acceptors (Lipinski definition) is 6. The van der Waals surface area contributed by atoms with Crippen molar-refractivity contribution in [2.45, 2.75) is 0 Å². The summed E-state index contributed by atoms with van der Waals surface area (Å²) in [5.74, 6) is -0.131. The van der Waals surface area contributed by atoms with Crippen molar-refractivity contribution in [1.82, 2.24) is 19.8 Å². The fourth-order valence-electron chi connectivity index (χ4n) is 2.04. The number of carbonyl (C=O) groups excluding carboxylic acids is 1. The highest BCUT2D eigenvalue weighted by Gasteiger charge is 2.21. The normalized spacial score (nSPS) is 13.6. The zero-order valence-corrected chi connectivity index (χ0v) is 12.7. The number of likely N-dealkylation sites (N-methyl/N-ethyl adjacent to an activating group) is 1. The maximum Gasteiger partial charge on any atom is 0.248 e. The fraction of sp³-hybridized carbons (Fsp3) is 0.308. The van der Waals surface area contributed by atoms with Crippen LogP contribution in [0.2, 0.25) is 5.15 Å². The van der Waals surface area contributed by atoms with Crippen LogP contribution in [0.3, 0.4) is 0 Å². The first-order valence-electron chi connectivity index (χ1n) is 6.69. The summed E-state index contributed by atoms with van der Waals surface area (Å²) in [6, 6.07) is 3.66. The van der Waals surface area contributed by atoms with Crippen molar-refractivity contribution in [2.75, 3.05) is 31.6 Å². The van der Waals surface area contributed by atoms with Crippen LogP contribution < -0.4 is 4.90 Å². The minimum atomic E-state index is -0.131. The quantitative estimate of drug-likeness (QED) is 0.856. The number of aromatic nitrogens is 3. The number of pyridine rings is 1. The maximum atomic E-state index is 12.3. The van der Waals surface area contributed by atoms with Gasteiger partial charge < -0.3 is 4.90 Å². The van der Waals surface area contributed by atoms with Gasteiger partial charge in [0.2, 0.25) is 5.91 Å². The van der Waals surface area contributed by atoms with Gasteiger partial charge in [-0.1, -0.05) is 16.8 Å². The van der Waals surface area contributed by atoms with E-state index in [1.54, 1.807) is 41.4 Å². The Morgan fingerprint density at radius 2 is 2.36 bits per heavy atom. The Morgan fingerprint density at radius 3 is 3.05 bits per heavy atom. The van der Waals surface area contributed by atoms with Gasteiger partial charge in [-0.25, -0.2) is 4.68 Å². The number of nitrogens with zero attached hydrogens (tertiary/aromatic N) is 7. The average Bonchev–Trinajstić information content (AvgIpc) is 3.17. The number of carbonyl (C=O) groups is 1. The molecule has 0 aliphatic carbocycles. The van der Waals surface area contributed by atoms with Crippen LogP contribution in [0.5, 0.6) is 0 Å². The number of halogens is 1. The zero-order valence-electron chi connectivity index (χ0n) is 11.9. The highest BCUT2D eigenvalue weighted by Crippen LogP contribution is 2.25. The third kappa shape index (κ3) is 2.91. The minimum absolute atomic E-state index is 0.131. The predicted molar refractivity (Wildman–Crippen MR) is 81.1 cm³/mol. The molecule has 0 saturated heterocycles. The average molecular weight is 320 g/mol. The molecule has 2 aromatic heterocycles. The van der Waals surface area contributed by atoms with Crippen LogP contribution in [0, 0.1) is 0 Å². The van der Waals surface area contributed by atoms with Crippen molar-refractivity contribution < 1.29 is 4.79 Å². The van der Waals surface area contributed by atoms with Crippen LogP contribution in [-0.2, 0) is 4.79 Å². The van der Waals surface area contributed by atoms with Crippen LogP contribution in [0.15, 0.2) is 41.1 Å². The van der Waals surface area contributed by atoms with Crippen LogP contribution >= 0.6 is 11.6 Å². The topological polar surface area (TPSA) is 79.0 Å². The van der Waals surface area contributed by atoms with E-state index in [2.05, 4.69) is 20.4 Å². The van der Waals surface area contributed by atoms with Crippen LogP contribution in [0.25, 0.3) is 5.69 Å². The Balaban J connectivity index is 1.77. The predicted octanol–water partition coefficient (Wildman–Crippen LogP) is 1.57. The molecule has 0 fully saturated rings. The lowest BCUT2D eigenvalue weighted by Gasteiger charge is -2.18. The molecule has 0 bridgehead atoms. The van der Waals surface area contributed by atoms with E-state index in [-0.39, 0.29) is 17.6 Å². The van der Waals surface area contributed by atoms with Gasteiger partial charge in [-0.2, -0.15) is 10.2 Å². The summed E-state index contributed by atoms with van der Waals surface area (Å²) in [5.41, 5.74) is 1.30. The van der Waals surface area contributed by atoms with Gasteiger partial charge in [0.1, 0.15) is 12.2 Å². The van der Waals surface area contributed by atoms with E-state index >= 15 is 0 Å². The molecule has 0 unspecified atom stereocenters. The van der Waals surface area contributed by atoms with E-state index < -0.39 is 0 Å². The second-order valence-corrected chi connectivity index (χ2v) is 5.11. The van der Waals surface area contributed by atoms with Crippen molar-refractivity contribution >= 4 is 23.2 Å². The third-order valence-electron chi connectivity index (χ3n) is 3.26. The summed E-state index contributed by atoms with van der Waals surface area (Å²) < 4.78 is 1.59. The largest absolute Gasteiger partial charge is 0.310 e. The molecule has 114 valence electrons. The molecular formula is C13H14ClN7O. The number of hydrogen-bond donors (Lipinski definition) is 0. The zero-order chi connectivity index (χ0) is 15.5. The van der Waals surface area contributed by atoms with Crippen molar-refractivity contribution in [3.05, 3.63) is 35.9 Å². The number of rotatable bonds is 4.